The van der Waals surface area contributed by atoms with E-state index < -0.39 is 18.4 Å². The number of aromatic hydroxyl groups is 1. The van der Waals surface area contributed by atoms with Gasteiger partial charge in [-0.3, -0.25) is 9.59 Å². The number of likely N-dealkylation sites (N-methyl/N-ethyl adjacent to an activating group) is 1. The van der Waals surface area contributed by atoms with Gasteiger partial charge >= 0.3 is 5.97 Å². The molecular formula is C13H14N2O4. The minimum Gasteiger partial charge on any atom is -0.507 e. The van der Waals surface area contributed by atoms with Gasteiger partial charge in [-0.25, -0.2) is 0 Å². The van der Waals surface area contributed by atoms with Crippen LogP contribution in [0.5, 0.6) is 5.75 Å². The number of fused-ring (bicyclic) bond motifs is 1. The van der Waals surface area contributed by atoms with Crippen molar-refractivity contribution in [2.24, 2.45) is 0 Å². The van der Waals surface area contributed by atoms with Crippen LogP contribution in [0.2, 0.25) is 0 Å². The number of aryl methyl sites for hydroxylation is 1. The number of hydrogen-bond donors (Lipinski definition) is 3. The molecule has 2 aromatic rings. The average molecular weight is 262 g/mol. The fourth-order valence-electron chi connectivity index (χ4n) is 2.09. The monoisotopic (exact) mass is 262 g/mol. The zero-order valence-electron chi connectivity index (χ0n) is 10.6. The van der Waals surface area contributed by atoms with E-state index in [2.05, 4.69) is 4.98 Å². The maximum absolute atomic E-state index is 12.3. The number of phenols is 1. The van der Waals surface area contributed by atoms with Gasteiger partial charge in [-0.15, -0.1) is 0 Å². The van der Waals surface area contributed by atoms with Gasteiger partial charge in [0.15, 0.2) is 0 Å². The van der Waals surface area contributed by atoms with Crippen LogP contribution in [-0.2, 0) is 4.79 Å². The minimum atomic E-state index is -1.09. The van der Waals surface area contributed by atoms with E-state index in [9.17, 15) is 14.7 Å². The number of carboxylic acids is 1. The molecule has 19 heavy (non-hydrogen) atoms. The number of benzene rings is 1. The zero-order chi connectivity index (χ0) is 14.2. The van der Waals surface area contributed by atoms with E-state index in [1.807, 2.05) is 0 Å². The summed E-state index contributed by atoms with van der Waals surface area (Å²) >= 11 is 0. The van der Waals surface area contributed by atoms with Crippen molar-refractivity contribution in [2.45, 2.75) is 6.92 Å². The third-order valence-corrected chi connectivity index (χ3v) is 2.92. The van der Waals surface area contributed by atoms with Crippen molar-refractivity contribution in [2.75, 3.05) is 13.6 Å². The molecule has 0 aliphatic rings. The standard InChI is InChI=1S/C13H14N2O4/c1-7-11(13(19)15(2)6-10(17)18)12-8(14-7)4-3-5-9(12)16/h3-5,14,16H,6H2,1-2H3,(H,17,18). The molecule has 0 atom stereocenters. The Morgan fingerprint density at radius 2 is 2.05 bits per heavy atom. The van der Waals surface area contributed by atoms with Gasteiger partial charge in [0.05, 0.1) is 16.5 Å². The summed E-state index contributed by atoms with van der Waals surface area (Å²) in [6.07, 6.45) is 0. The summed E-state index contributed by atoms with van der Waals surface area (Å²) in [5, 5.41) is 19.0. The maximum atomic E-state index is 12.3. The first-order valence-corrected chi connectivity index (χ1v) is 5.69. The molecule has 0 aliphatic heterocycles. The van der Waals surface area contributed by atoms with E-state index in [1.54, 1.807) is 19.1 Å². The SMILES string of the molecule is Cc1[nH]c2cccc(O)c2c1C(=O)N(C)CC(=O)O. The van der Waals surface area contributed by atoms with Gasteiger partial charge in [0.1, 0.15) is 12.3 Å². The van der Waals surface area contributed by atoms with Crippen LogP contribution in [-0.4, -0.2) is 45.6 Å². The van der Waals surface area contributed by atoms with Crippen molar-refractivity contribution in [3.8, 4) is 5.75 Å². The van der Waals surface area contributed by atoms with Crippen LogP contribution >= 0.6 is 0 Å². The Hall–Kier alpha value is -2.50. The Morgan fingerprint density at radius 3 is 2.68 bits per heavy atom. The lowest BCUT2D eigenvalue weighted by atomic mass is 10.1. The number of aromatic amines is 1. The molecule has 0 saturated heterocycles. The highest BCUT2D eigenvalue weighted by Crippen LogP contribution is 2.30. The van der Waals surface area contributed by atoms with Gasteiger partial charge in [-0.2, -0.15) is 0 Å². The number of nitrogens with zero attached hydrogens (tertiary/aromatic N) is 1. The summed E-state index contributed by atoms with van der Waals surface area (Å²) in [5.74, 6) is -1.53. The zero-order valence-corrected chi connectivity index (χ0v) is 10.6. The lowest BCUT2D eigenvalue weighted by molar-refractivity contribution is -0.137. The molecule has 0 fully saturated rings. The molecule has 1 heterocycles. The largest absolute Gasteiger partial charge is 0.507 e. The first-order valence-electron chi connectivity index (χ1n) is 5.69. The van der Waals surface area contributed by atoms with Crippen LogP contribution in [0.15, 0.2) is 18.2 Å². The van der Waals surface area contributed by atoms with Crippen LogP contribution in [0.1, 0.15) is 16.1 Å². The van der Waals surface area contributed by atoms with Crippen molar-refractivity contribution in [1.29, 1.82) is 0 Å². The number of hydrogen-bond acceptors (Lipinski definition) is 3. The van der Waals surface area contributed by atoms with E-state index in [1.165, 1.54) is 13.1 Å². The first-order chi connectivity index (χ1) is 8.91. The Balaban J connectivity index is 2.53. The van der Waals surface area contributed by atoms with Crippen LogP contribution in [0.4, 0.5) is 0 Å². The molecule has 0 unspecified atom stereocenters. The molecule has 0 saturated carbocycles. The summed E-state index contributed by atoms with van der Waals surface area (Å²) in [7, 11) is 1.41. The number of carboxylic acid groups (broad SMARTS) is 1. The van der Waals surface area contributed by atoms with Gasteiger partial charge in [0, 0.05) is 12.7 Å². The second kappa shape index (κ2) is 4.64. The molecule has 2 rings (SSSR count). The number of carbonyl (C=O) groups excluding carboxylic acids is 1. The molecule has 0 bridgehead atoms. The summed E-state index contributed by atoms with van der Waals surface area (Å²) in [6.45, 7) is 1.32. The van der Waals surface area contributed by atoms with Gasteiger partial charge in [-0.1, -0.05) is 6.07 Å². The Kier molecular flexibility index (Phi) is 3.16. The van der Waals surface area contributed by atoms with Crippen molar-refractivity contribution < 1.29 is 19.8 Å². The van der Waals surface area contributed by atoms with Gasteiger partial charge in [0.25, 0.3) is 5.91 Å². The third kappa shape index (κ3) is 2.24. The first kappa shape index (κ1) is 12.9. The van der Waals surface area contributed by atoms with Crippen molar-refractivity contribution >= 4 is 22.8 Å². The third-order valence-electron chi connectivity index (χ3n) is 2.92. The number of H-pyrrole nitrogens is 1. The number of phenolic OH excluding ortho intramolecular Hbond substituents is 1. The van der Waals surface area contributed by atoms with Crippen molar-refractivity contribution in [3.63, 3.8) is 0 Å². The summed E-state index contributed by atoms with van der Waals surface area (Å²) in [6, 6.07) is 4.91. The normalized spacial score (nSPS) is 10.6. The second-order valence-corrected chi connectivity index (χ2v) is 4.38. The van der Waals surface area contributed by atoms with Gasteiger partial charge < -0.3 is 20.1 Å². The van der Waals surface area contributed by atoms with Crippen molar-refractivity contribution in [1.82, 2.24) is 9.88 Å². The summed E-state index contributed by atoms with van der Waals surface area (Å²) in [5.41, 5.74) is 1.54. The molecule has 6 heteroatoms. The predicted octanol–water partition coefficient (Wildman–Crippen LogP) is 1.34. The van der Waals surface area contributed by atoms with Crippen LogP contribution in [0, 0.1) is 6.92 Å². The highest BCUT2D eigenvalue weighted by atomic mass is 16.4. The Bertz CT molecular complexity index is 660. The number of carbonyl (C=O) groups is 2. The molecule has 100 valence electrons. The second-order valence-electron chi connectivity index (χ2n) is 4.38. The van der Waals surface area contributed by atoms with Gasteiger partial charge in [-0.05, 0) is 19.1 Å². The highest BCUT2D eigenvalue weighted by Gasteiger charge is 2.22. The Morgan fingerprint density at radius 1 is 1.37 bits per heavy atom. The molecule has 1 aromatic carbocycles. The van der Waals surface area contributed by atoms with E-state index in [0.29, 0.717) is 22.2 Å². The molecule has 1 aromatic heterocycles. The van der Waals surface area contributed by atoms with E-state index >= 15 is 0 Å². The fraction of sp³-hybridized carbons (Fsp3) is 0.231. The molecule has 3 N–H and O–H groups in total. The minimum absolute atomic E-state index is 0.00562. The summed E-state index contributed by atoms with van der Waals surface area (Å²) < 4.78 is 0. The highest BCUT2D eigenvalue weighted by molar-refractivity contribution is 6.10. The summed E-state index contributed by atoms with van der Waals surface area (Å²) in [4.78, 5) is 27.0. The van der Waals surface area contributed by atoms with E-state index in [-0.39, 0.29) is 5.75 Å². The quantitative estimate of drug-likeness (QED) is 0.778. The number of amides is 1. The Labute approximate surface area is 109 Å². The lowest BCUT2D eigenvalue weighted by Crippen LogP contribution is -2.32. The van der Waals surface area contributed by atoms with E-state index in [4.69, 9.17) is 5.11 Å². The molecule has 0 aliphatic carbocycles. The topological polar surface area (TPSA) is 93.6 Å². The molecule has 0 spiro atoms. The van der Waals surface area contributed by atoms with Crippen LogP contribution in [0.25, 0.3) is 10.9 Å². The van der Waals surface area contributed by atoms with Crippen LogP contribution < -0.4 is 0 Å². The number of aliphatic carboxylic acids is 1. The lowest BCUT2D eigenvalue weighted by Gasteiger charge is -2.14. The van der Waals surface area contributed by atoms with Crippen molar-refractivity contribution in [3.05, 3.63) is 29.5 Å². The van der Waals surface area contributed by atoms with Crippen LogP contribution in [0.3, 0.4) is 0 Å². The van der Waals surface area contributed by atoms with Gasteiger partial charge in [0.2, 0.25) is 0 Å². The number of rotatable bonds is 3. The maximum Gasteiger partial charge on any atom is 0.323 e. The molecule has 6 nitrogen and oxygen atoms in total. The smallest absolute Gasteiger partial charge is 0.323 e. The average Bonchev–Trinajstić information content (AvgIpc) is 2.65. The van der Waals surface area contributed by atoms with E-state index in [0.717, 1.165) is 4.90 Å². The molecular weight excluding hydrogens is 248 g/mol. The molecule has 0 radical (unpaired) electrons. The molecule has 1 amide bonds. The number of nitrogens with one attached hydrogen (secondary N) is 1. The fourth-order valence-corrected chi connectivity index (χ4v) is 2.09. The predicted molar refractivity (Wildman–Crippen MR) is 69.3 cm³/mol. The number of aromatic nitrogens is 1.